The number of carbonyl (C=O) groups is 2. The van der Waals surface area contributed by atoms with Gasteiger partial charge in [0, 0.05) is 18.5 Å². The second-order valence-corrected chi connectivity index (χ2v) is 5.21. The Morgan fingerprint density at radius 2 is 2.04 bits per heavy atom. The van der Waals surface area contributed by atoms with E-state index >= 15 is 0 Å². The Hall–Kier alpha value is -3.49. The zero-order valence-corrected chi connectivity index (χ0v) is 13.1. The summed E-state index contributed by atoms with van der Waals surface area (Å²) in [6.07, 6.45) is 3.21. The van der Waals surface area contributed by atoms with Crippen LogP contribution < -0.4 is 5.32 Å². The van der Waals surface area contributed by atoms with Gasteiger partial charge in [-0.3, -0.25) is 9.36 Å². The molecule has 3 aromatic rings. The number of carboxylic acid groups (broad SMARTS) is 1. The van der Waals surface area contributed by atoms with Crippen molar-refractivity contribution in [2.75, 3.05) is 0 Å². The summed E-state index contributed by atoms with van der Waals surface area (Å²) in [5, 5.41) is 23.1. The van der Waals surface area contributed by atoms with Gasteiger partial charge in [-0.1, -0.05) is 23.4 Å². The van der Waals surface area contributed by atoms with E-state index < -0.39 is 5.97 Å². The van der Waals surface area contributed by atoms with Crippen LogP contribution >= 0.6 is 0 Å². The number of hydrogen-bond acceptors (Lipinski definition) is 6. The molecule has 2 heterocycles. The van der Waals surface area contributed by atoms with Gasteiger partial charge in [0.1, 0.15) is 29.7 Å². The third-order valence-electron chi connectivity index (χ3n) is 3.56. The Labute approximate surface area is 142 Å². The van der Waals surface area contributed by atoms with Crippen molar-refractivity contribution < 1.29 is 19.2 Å². The summed E-state index contributed by atoms with van der Waals surface area (Å²) in [6.45, 7) is -0.0116. The van der Waals surface area contributed by atoms with E-state index in [1.165, 1.54) is 0 Å². The molecule has 0 radical (unpaired) electrons. The van der Waals surface area contributed by atoms with Crippen LogP contribution in [-0.4, -0.2) is 36.9 Å². The van der Waals surface area contributed by atoms with E-state index in [9.17, 15) is 9.59 Å². The van der Waals surface area contributed by atoms with Crippen molar-refractivity contribution in [2.24, 2.45) is 0 Å². The van der Waals surface area contributed by atoms with Crippen LogP contribution in [0.5, 0.6) is 0 Å². The number of aryl methyl sites for hydroxylation is 1. The van der Waals surface area contributed by atoms with E-state index in [0.717, 1.165) is 12.0 Å². The quantitative estimate of drug-likeness (QED) is 0.662. The first-order chi connectivity index (χ1) is 12.1. The molecule has 0 spiro atoms. The molecule has 1 aromatic carbocycles. The molecule has 0 unspecified atom stereocenters. The molecule has 0 aliphatic heterocycles. The Kier molecular flexibility index (Phi) is 4.84. The van der Waals surface area contributed by atoms with E-state index in [1.807, 2.05) is 34.9 Å². The number of nitrogens with zero attached hydrogens (tertiary/aromatic N) is 4. The number of aromatic carboxylic acids is 1. The highest BCUT2D eigenvalue weighted by atomic mass is 16.5. The first kappa shape index (κ1) is 16.4. The third kappa shape index (κ3) is 3.89. The topological polar surface area (TPSA) is 123 Å². The maximum Gasteiger partial charge on any atom is 0.341 e. The first-order valence-electron chi connectivity index (χ1n) is 7.52. The van der Waals surface area contributed by atoms with Crippen LogP contribution in [0.15, 0.2) is 47.4 Å². The molecule has 0 aliphatic carbocycles. The van der Waals surface area contributed by atoms with Gasteiger partial charge >= 0.3 is 5.97 Å². The molecular weight excluding hydrogens is 326 g/mol. The summed E-state index contributed by atoms with van der Waals surface area (Å²) >= 11 is 0. The number of aromatic nitrogens is 4. The van der Waals surface area contributed by atoms with Gasteiger partial charge in [0.2, 0.25) is 5.91 Å². The van der Waals surface area contributed by atoms with Crippen molar-refractivity contribution in [3.8, 4) is 5.69 Å². The van der Waals surface area contributed by atoms with Crippen LogP contribution in [0.2, 0.25) is 0 Å². The fourth-order valence-corrected chi connectivity index (χ4v) is 2.29. The maximum absolute atomic E-state index is 12.0. The lowest BCUT2D eigenvalue weighted by Gasteiger charge is -2.06. The zero-order chi connectivity index (χ0) is 17.6. The van der Waals surface area contributed by atoms with Gasteiger partial charge in [-0.25, -0.2) is 4.79 Å². The lowest BCUT2D eigenvalue weighted by atomic mass is 10.2. The summed E-state index contributed by atoms with van der Waals surface area (Å²) in [7, 11) is 0. The molecule has 3 rings (SSSR count). The number of carbonyl (C=O) groups excluding carboxylic acids is 1. The minimum atomic E-state index is -1.15. The van der Waals surface area contributed by atoms with E-state index in [-0.39, 0.29) is 30.1 Å². The summed E-state index contributed by atoms with van der Waals surface area (Å²) in [6, 6.07) is 9.57. The summed E-state index contributed by atoms with van der Waals surface area (Å²) in [4.78, 5) is 22.9. The molecule has 0 saturated carbocycles. The Morgan fingerprint density at radius 1 is 1.24 bits per heavy atom. The normalized spacial score (nSPS) is 10.6. The predicted molar refractivity (Wildman–Crippen MR) is 85.0 cm³/mol. The average Bonchev–Trinajstić information content (AvgIpc) is 3.28. The molecule has 9 nitrogen and oxygen atoms in total. The average molecular weight is 341 g/mol. The van der Waals surface area contributed by atoms with Gasteiger partial charge in [0.05, 0.1) is 6.54 Å². The molecular formula is C16H15N5O4. The summed E-state index contributed by atoms with van der Waals surface area (Å²) in [5.74, 6) is -0.738. The fourth-order valence-electron chi connectivity index (χ4n) is 2.29. The first-order valence-corrected chi connectivity index (χ1v) is 7.52. The second-order valence-electron chi connectivity index (χ2n) is 5.21. The number of amides is 1. The second kappa shape index (κ2) is 7.39. The molecule has 2 N–H and O–H groups in total. The third-order valence-corrected chi connectivity index (χ3v) is 3.56. The van der Waals surface area contributed by atoms with Crippen LogP contribution in [0, 0.1) is 0 Å². The smallest absolute Gasteiger partial charge is 0.341 e. The standard InChI is InChI=1S/C16H15N5O4/c22-15(17-8-13-12(16(23)24)9-25-20-13)7-6-14-19-18-10-21(14)11-4-2-1-3-5-11/h1-5,9-10H,6-8H2,(H,17,22)(H,23,24). The van der Waals surface area contributed by atoms with Crippen LogP contribution in [0.4, 0.5) is 0 Å². The van der Waals surface area contributed by atoms with Crippen LogP contribution in [0.1, 0.15) is 28.3 Å². The number of nitrogens with one attached hydrogen (secondary N) is 1. The minimum Gasteiger partial charge on any atom is -0.478 e. The number of carboxylic acids is 1. The number of rotatable bonds is 7. The summed E-state index contributed by atoms with van der Waals surface area (Å²) < 4.78 is 6.43. The lowest BCUT2D eigenvalue weighted by Crippen LogP contribution is -2.24. The van der Waals surface area contributed by atoms with E-state index in [1.54, 1.807) is 6.33 Å². The molecule has 0 bridgehead atoms. The van der Waals surface area contributed by atoms with E-state index in [2.05, 4.69) is 25.2 Å². The van der Waals surface area contributed by atoms with Crippen molar-refractivity contribution in [1.82, 2.24) is 25.2 Å². The number of benzene rings is 1. The van der Waals surface area contributed by atoms with Crippen molar-refractivity contribution in [3.63, 3.8) is 0 Å². The van der Waals surface area contributed by atoms with E-state index in [0.29, 0.717) is 12.2 Å². The summed E-state index contributed by atoms with van der Waals surface area (Å²) in [5.41, 5.74) is 1.02. The Morgan fingerprint density at radius 3 is 2.80 bits per heavy atom. The molecule has 1 amide bonds. The molecule has 0 saturated heterocycles. The molecule has 2 aromatic heterocycles. The maximum atomic E-state index is 12.0. The Balaban J connectivity index is 1.56. The van der Waals surface area contributed by atoms with E-state index in [4.69, 9.17) is 5.11 Å². The largest absolute Gasteiger partial charge is 0.478 e. The monoisotopic (exact) mass is 341 g/mol. The minimum absolute atomic E-state index is 0.0116. The Bertz CT molecular complexity index is 872. The van der Waals surface area contributed by atoms with Crippen LogP contribution in [0.3, 0.4) is 0 Å². The van der Waals surface area contributed by atoms with Crippen LogP contribution in [0.25, 0.3) is 5.69 Å². The zero-order valence-electron chi connectivity index (χ0n) is 13.1. The van der Waals surface area contributed by atoms with Gasteiger partial charge < -0.3 is 14.9 Å². The molecule has 0 fully saturated rings. The van der Waals surface area contributed by atoms with Crippen molar-refractivity contribution in [1.29, 1.82) is 0 Å². The SMILES string of the molecule is O=C(CCc1nncn1-c1ccccc1)NCc1nocc1C(=O)O. The molecule has 0 aliphatic rings. The molecule has 25 heavy (non-hydrogen) atoms. The highest BCUT2D eigenvalue weighted by molar-refractivity contribution is 5.88. The molecule has 128 valence electrons. The molecule has 9 heteroatoms. The predicted octanol–water partition coefficient (Wildman–Crippen LogP) is 1.20. The number of hydrogen-bond donors (Lipinski definition) is 2. The lowest BCUT2D eigenvalue weighted by molar-refractivity contribution is -0.121. The fraction of sp³-hybridized carbons (Fsp3) is 0.188. The highest BCUT2D eigenvalue weighted by Gasteiger charge is 2.15. The van der Waals surface area contributed by atoms with Gasteiger partial charge in [-0.05, 0) is 12.1 Å². The van der Waals surface area contributed by atoms with Crippen molar-refractivity contribution in [3.05, 3.63) is 60.0 Å². The van der Waals surface area contributed by atoms with Gasteiger partial charge in [0.15, 0.2) is 0 Å². The van der Waals surface area contributed by atoms with Crippen molar-refractivity contribution >= 4 is 11.9 Å². The van der Waals surface area contributed by atoms with Gasteiger partial charge in [-0.2, -0.15) is 0 Å². The molecule has 0 atom stereocenters. The number of para-hydroxylation sites is 1. The van der Waals surface area contributed by atoms with Crippen LogP contribution in [-0.2, 0) is 17.8 Å². The van der Waals surface area contributed by atoms with Gasteiger partial charge in [0.25, 0.3) is 0 Å². The highest BCUT2D eigenvalue weighted by Crippen LogP contribution is 2.10. The van der Waals surface area contributed by atoms with Crippen molar-refractivity contribution in [2.45, 2.75) is 19.4 Å². The van der Waals surface area contributed by atoms with Gasteiger partial charge in [-0.15, -0.1) is 10.2 Å².